The van der Waals surface area contributed by atoms with Crippen LogP contribution in [0.15, 0.2) is 94.5 Å². The van der Waals surface area contributed by atoms with Gasteiger partial charge in [0, 0.05) is 19.0 Å². The Morgan fingerprint density at radius 2 is 1.70 bits per heavy atom. The Balaban J connectivity index is 1.10. The Labute approximate surface area is 265 Å². The number of halogens is 3. The highest BCUT2D eigenvalue weighted by molar-refractivity contribution is 7.90. The Hall–Kier alpha value is -5.45. The number of ether oxygens (including phenoxy) is 1. The summed E-state index contributed by atoms with van der Waals surface area (Å²) in [6, 6.07) is 20.0. The summed E-state index contributed by atoms with van der Waals surface area (Å²) >= 11 is 0. The summed E-state index contributed by atoms with van der Waals surface area (Å²) in [5, 5.41) is 5.99. The largest absolute Gasteiger partial charge is 0.435 e. The number of nitrogens with zero attached hydrogens (tertiary/aromatic N) is 5. The Morgan fingerprint density at radius 3 is 2.32 bits per heavy atom. The molecule has 17 heteroatoms. The molecule has 1 unspecified atom stereocenters. The van der Waals surface area contributed by atoms with Crippen LogP contribution in [0.5, 0.6) is 0 Å². The van der Waals surface area contributed by atoms with Crippen molar-refractivity contribution in [2.45, 2.75) is 43.7 Å². The second-order valence-corrected chi connectivity index (χ2v) is 12.3. The van der Waals surface area contributed by atoms with Gasteiger partial charge in [-0.25, -0.2) is 27.6 Å². The van der Waals surface area contributed by atoms with Crippen LogP contribution < -0.4 is 14.6 Å². The summed E-state index contributed by atoms with van der Waals surface area (Å²) in [5.41, 5.74) is 0.949. The number of amides is 1. The van der Waals surface area contributed by atoms with Crippen molar-refractivity contribution in [1.29, 1.82) is 0 Å². The predicted molar refractivity (Wildman–Crippen MR) is 158 cm³/mol. The molecule has 1 N–H and O–H groups in total. The highest BCUT2D eigenvalue weighted by Gasteiger charge is 2.42. The Morgan fingerprint density at radius 1 is 1.02 bits per heavy atom. The van der Waals surface area contributed by atoms with Crippen LogP contribution in [-0.2, 0) is 25.7 Å². The van der Waals surface area contributed by atoms with Crippen LogP contribution in [0.1, 0.15) is 35.0 Å². The van der Waals surface area contributed by atoms with Crippen LogP contribution in [0.2, 0.25) is 0 Å². The number of benzene rings is 3. The van der Waals surface area contributed by atoms with Crippen molar-refractivity contribution in [1.82, 2.24) is 24.5 Å². The number of nitrogens with one attached hydrogen (secondary N) is 1. The molecule has 246 valence electrons. The van der Waals surface area contributed by atoms with Crippen molar-refractivity contribution < 1.29 is 45.4 Å². The maximum atomic E-state index is 13.5. The fourth-order valence-electron chi connectivity index (χ4n) is 4.71. The van der Waals surface area contributed by atoms with E-state index in [1.54, 1.807) is 54.6 Å². The molecule has 13 nitrogen and oxygen atoms in total. The lowest BCUT2D eigenvalue weighted by atomic mass is 10.1. The fourth-order valence-corrected chi connectivity index (χ4v) is 5.72. The van der Waals surface area contributed by atoms with Crippen LogP contribution in [-0.4, -0.2) is 58.9 Å². The van der Waals surface area contributed by atoms with Crippen molar-refractivity contribution in [3.63, 3.8) is 0 Å². The van der Waals surface area contributed by atoms with Crippen LogP contribution in [0, 0.1) is 6.92 Å². The van der Waals surface area contributed by atoms with E-state index >= 15 is 0 Å². The quantitative estimate of drug-likeness (QED) is 0.173. The van der Waals surface area contributed by atoms with Gasteiger partial charge in [0.15, 0.2) is 5.69 Å². The second-order valence-electron chi connectivity index (χ2n) is 10.6. The Kier molecular flexibility index (Phi) is 8.08. The standard InChI is InChI=1S/C30H27F3N6O7S/c1-19-8-10-21(11-9-19)26-18-27(30(31,32)33)34-37(26)23-12-14-24(15-13-23)47(42,43)35-28(40)25-16-17-36(25)38-39(46-38)45-20(2)44-29(41)22-6-4-3-5-7-22/h3-15,18,20,25H,16-17H2,1-2H3,(H,35,40)/t20?,25-,38?,39?/m0/s1. The molecule has 1 aliphatic rings. The van der Waals surface area contributed by atoms with Crippen molar-refractivity contribution in [3.8, 4) is 16.9 Å². The van der Waals surface area contributed by atoms with Gasteiger partial charge in [-0.3, -0.25) is 4.79 Å². The number of esters is 1. The van der Waals surface area contributed by atoms with E-state index in [1.807, 2.05) is 11.6 Å². The molecule has 2 aromatic heterocycles. The number of alkyl halides is 3. The third kappa shape index (κ3) is 6.74. The lowest BCUT2D eigenvalue weighted by Gasteiger charge is -2.35. The topological polar surface area (TPSA) is 143 Å². The van der Waals surface area contributed by atoms with Crippen LogP contribution in [0.4, 0.5) is 13.2 Å². The summed E-state index contributed by atoms with van der Waals surface area (Å²) in [6.07, 6.45) is -5.46. The smallest absolute Gasteiger partial charge is 0.420 e. The molecule has 6 rings (SSSR count). The molecule has 1 saturated heterocycles. The van der Waals surface area contributed by atoms with Gasteiger partial charge in [-0.05, 0) is 55.8 Å². The number of aryl methyl sites for hydroxylation is 1. The van der Waals surface area contributed by atoms with Gasteiger partial charge in [0.2, 0.25) is 0 Å². The number of rotatable bonds is 10. The minimum atomic E-state index is -4.70. The van der Waals surface area contributed by atoms with Crippen LogP contribution in [0.3, 0.4) is 0 Å². The molecule has 0 bridgehead atoms. The molecule has 1 aliphatic heterocycles. The molecule has 3 aromatic carbocycles. The first-order valence-electron chi connectivity index (χ1n) is 14.2. The van der Waals surface area contributed by atoms with Gasteiger partial charge in [0.1, 0.15) is 11.1 Å². The number of aromatic nitrogens is 4. The van der Waals surface area contributed by atoms with Crippen molar-refractivity contribution in [2.24, 2.45) is 0 Å². The van der Waals surface area contributed by atoms with Crippen LogP contribution in [0.25, 0.3) is 16.9 Å². The molecule has 1 amide bonds. The van der Waals surface area contributed by atoms with Crippen molar-refractivity contribution in [2.75, 3.05) is 11.6 Å². The number of hydrogen-bond donors (Lipinski definition) is 1. The summed E-state index contributed by atoms with van der Waals surface area (Å²) in [4.78, 5) is 31.3. The maximum Gasteiger partial charge on any atom is 0.435 e. The zero-order valence-electron chi connectivity index (χ0n) is 24.8. The number of hydrogen-bond acceptors (Lipinski definition) is 9. The van der Waals surface area contributed by atoms with Gasteiger partial charge in [-0.2, -0.15) is 22.9 Å². The summed E-state index contributed by atoms with van der Waals surface area (Å²) in [6.45, 7) is 3.64. The predicted octanol–water partition coefficient (Wildman–Crippen LogP) is 3.91. The molecule has 1 fully saturated rings. The molecular weight excluding hydrogens is 645 g/mol. The van der Waals surface area contributed by atoms with E-state index in [4.69, 9.17) is 14.2 Å². The van der Waals surface area contributed by atoms with Gasteiger partial charge in [0.05, 0.1) is 26.8 Å². The normalized spacial score (nSPS) is 15.6. The van der Waals surface area contributed by atoms with Gasteiger partial charge in [-0.1, -0.05) is 48.0 Å². The third-order valence-electron chi connectivity index (χ3n) is 7.27. The number of sulfonamides is 1. The van der Waals surface area contributed by atoms with Crippen LogP contribution >= 0.6 is 0 Å². The van der Waals surface area contributed by atoms with Crippen molar-refractivity contribution >= 4 is 21.9 Å². The third-order valence-corrected chi connectivity index (χ3v) is 8.63. The summed E-state index contributed by atoms with van der Waals surface area (Å²) in [7, 11) is -4.36. The molecule has 0 radical (unpaired) electrons. The molecule has 0 aliphatic carbocycles. The minimum Gasteiger partial charge on any atom is -0.420 e. The van der Waals surface area contributed by atoms with E-state index in [2.05, 4.69) is 5.10 Å². The number of carbonyl (C=O) groups is 2. The van der Waals surface area contributed by atoms with E-state index in [9.17, 15) is 31.2 Å². The first-order valence-corrected chi connectivity index (χ1v) is 15.7. The minimum absolute atomic E-state index is 0.158. The first-order chi connectivity index (χ1) is 22.3. The van der Waals surface area contributed by atoms with Gasteiger partial charge in [0.25, 0.3) is 22.2 Å². The molecule has 0 spiro atoms. The monoisotopic (exact) mass is 672 g/mol. The first kappa shape index (κ1) is 31.5. The van der Waals surface area contributed by atoms with Crippen molar-refractivity contribution in [3.05, 3.63) is 102 Å². The lowest BCUT2D eigenvalue weighted by Crippen LogP contribution is -2.61. The maximum absolute atomic E-state index is 13.5. The van der Waals surface area contributed by atoms with E-state index in [1.165, 1.54) is 36.2 Å². The molecule has 47 heavy (non-hydrogen) atoms. The van der Waals surface area contributed by atoms with Gasteiger partial charge >= 0.3 is 12.1 Å². The van der Waals surface area contributed by atoms with E-state index in [0.717, 1.165) is 26.3 Å². The molecular formula is C30H27F3N6O7S. The van der Waals surface area contributed by atoms with Gasteiger partial charge < -0.3 is 9.57 Å². The van der Waals surface area contributed by atoms with Gasteiger partial charge in [-0.15, -0.1) is 0 Å². The second kappa shape index (κ2) is 12.1. The lowest BCUT2D eigenvalue weighted by molar-refractivity contribution is -0.141. The molecule has 0 saturated carbocycles. The Bertz CT molecular complexity index is 2000. The molecule has 5 aromatic rings. The summed E-state index contributed by atoms with van der Waals surface area (Å²) in [5.74, 6) is -1.46. The average molecular weight is 673 g/mol. The zero-order valence-corrected chi connectivity index (χ0v) is 25.6. The molecule has 3 heterocycles. The summed E-state index contributed by atoms with van der Waals surface area (Å²) < 4.78 is 80.2. The SMILES string of the molecule is Cc1ccc(-c2cc(C(F)(F)F)nn2-c2ccc(S(=O)(=O)NC(=O)[C@@H]3CCN3n3on3OC(C)OC(=O)c3ccccc3)cc2)cc1. The fraction of sp³-hybridized carbons (Fsp3) is 0.233. The highest BCUT2D eigenvalue weighted by Crippen LogP contribution is 2.33. The molecule has 2 atom stereocenters. The zero-order chi connectivity index (χ0) is 33.5. The number of carbonyl (C=O) groups excluding carboxylic acids is 2. The van der Waals surface area contributed by atoms with E-state index in [0.29, 0.717) is 24.1 Å². The highest BCUT2D eigenvalue weighted by atomic mass is 32.2. The average Bonchev–Trinajstić information content (AvgIpc) is 3.56. The van der Waals surface area contributed by atoms with E-state index < -0.39 is 46.1 Å². The van der Waals surface area contributed by atoms with E-state index in [-0.39, 0.29) is 16.3 Å².